The van der Waals surface area contributed by atoms with Gasteiger partial charge < -0.3 is 15.4 Å². The zero-order valence-corrected chi connectivity index (χ0v) is 18.2. The first kappa shape index (κ1) is 23.9. The van der Waals surface area contributed by atoms with Crippen LogP contribution in [0.3, 0.4) is 0 Å². The lowest BCUT2D eigenvalue weighted by molar-refractivity contribution is 0.409. The lowest BCUT2D eigenvalue weighted by Gasteiger charge is -2.12. The summed E-state index contributed by atoms with van der Waals surface area (Å²) in [5.41, 5.74) is 1.14. The number of hydrogen-bond donors (Lipinski definition) is 3. The molecule has 0 saturated heterocycles. The number of benzene rings is 1. The highest BCUT2D eigenvalue weighted by molar-refractivity contribution is 14.0. The zero-order valence-electron chi connectivity index (χ0n) is 15.0. The van der Waals surface area contributed by atoms with Crippen LogP contribution in [0.1, 0.15) is 18.9 Å². The largest absolute Gasteiger partial charge is 0.496 e. The van der Waals surface area contributed by atoms with Crippen LogP contribution in [0.15, 0.2) is 29.3 Å². The Bertz CT molecular complexity index is 624. The lowest BCUT2D eigenvalue weighted by atomic mass is 10.1. The fourth-order valence-corrected chi connectivity index (χ4v) is 2.61. The van der Waals surface area contributed by atoms with E-state index in [2.05, 4.69) is 20.3 Å². The molecule has 1 aromatic carbocycles. The molecule has 0 aromatic heterocycles. The molecule has 0 radical (unpaired) electrons. The van der Waals surface area contributed by atoms with Crippen molar-refractivity contribution in [2.75, 3.05) is 39.5 Å². The fraction of sp³-hybridized carbons (Fsp3) is 0.562. The van der Waals surface area contributed by atoms with Crippen LogP contribution in [0.2, 0.25) is 0 Å². The Morgan fingerprint density at radius 1 is 1.20 bits per heavy atom. The lowest BCUT2D eigenvalue weighted by Crippen LogP contribution is -2.38. The van der Waals surface area contributed by atoms with Crippen molar-refractivity contribution in [3.8, 4) is 5.75 Å². The highest BCUT2D eigenvalue weighted by atomic mass is 127. The van der Waals surface area contributed by atoms with E-state index in [1.54, 1.807) is 7.11 Å². The third kappa shape index (κ3) is 11.2. The molecule has 1 aromatic rings. The standard InChI is InChI=1S/C16H28N4O3S.HI/c1-4-17-16(18-11-7-12-20-24(3,21)22)19-13-10-14-8-5-6-9-15(14)23-2;/h5-6,8-9,20H,4,7,10-13H2,1-3H3,(H2,17,18,19);1H. The van der Waals surface area contributed by atoms with Crippen molar-refractivity contribution < 1.29 is 13.2 Å². The SMILES string of the molecule is CCNC(=NCCCNS(C)(=O)=O)NCCc1ccccc1OC.I. The molecule has 1 rings (SSSR count). The van der Waals surface area contributed by atoms with Crippen LogP contribution in [-0.4, -0.2) is 53.9 Å². The van der Waals surface area contributed by atoms with Gasteiger partial charge in [-0.15, -0.1) is 24.0 Å². The average molecular weight is 484 g/mol. The number of para-hydroxylation sites is 1. The van der Waals surface area contributed by atoms with E-state index in [9.17, 15) is 8.42 Å². The number of ether oxygens (including phenoxy) is 1. The zero-order chi connectivity index (χ0) is 17.8. The number of hydrogen-bond acceptors (Lipinski definition) is 4. The summed E-state index contributed by atoms with van der Waals surface area (Å²) in [5.74, 6) is 1.61. The van der Waals surface area contributed by atoms with Gasteiger partial charge in [-0.25, -0.2) is 13.1 Å². The monoisotopic (exact) mass is 484 g/mol. The van der Waals surface area contributed by atoms with Gasteiger partial charge in [0.15, 0.2) is 5.96 Å². The van der Waals surface area contributed by atoms with Gasteiger partial charge in [-0.3, -0.25) is 4.99 Å². The van der Waals surface area contributed by atoms with E-state index in [0.717, 1.165) is 43.0 Å². The summed E-state index contributed by atoms with van der Waals surface area (Å²) >= 11 is 0. The topological polar surface area (TPSA) is 91.8 Å². The summed E-state index contributed by atoms with van der Waals surface area (Å²) in [4.78, 5) is 4.44. The minimum Gasteiger partial charge on any atom is -0.496 e. The van der Waals surface area contributed by atoms with Gasteiger partial charge in [-0.05, 0) is 31.4 Å². The maximum absolute atomic E-state index is 11.0. The maximum atomic E-state index is 11.0. The van der Waals surface area contributed by atoms with Crippen molar-refractivity contribution in [1.29, 1.82) is 0 Å². The minimum absolute atomic E-state index is 0. The first-order valence-corrected chi connectivity index (χ1v) is 9.94. The molecular weight excluding hydrogens is 455 g/mol. The molecule has 0 unspecified atom stereocenters. The number of rotatable bonds is 10. The van der Waals surface area contributed by atoms with Crippen LogP contribution >= 0.6 is 24.0 Å². The normalized spacial score (nSPS) is 11.6. The second kappa shape index (κ2) is 13.2. The second-order valence-electron chi connectivity index (χ2n) is 5.27. The average Bonchev–Trinajstić information content (AvgIpc) is 2.54. The number of nitrogens with one attached hydrogen (secondary N) is 3. The van der Waals surface area contributed by atoms with Crippen molar-refractivity contribution in [3.63, 3.8) is 0 Å². The van der Waals surface area contributed by atoms with Crippen LogP contribution in [-0.2, 0) is 16.4 Å². The van der Waals surface area contributed by atoms with E-state index >= 15 is 0 Å². The van der Waals surface area contributed by atoms with Gasteiger partial charge in [0.2, 0.25) is 10.0 Å². The highest BCUT2D eigenvalue weighted by Gasteiger charge is 2.03. The van der Waals surface area contributed by atoms with Crippen LogP contribution in [0, 0.1) is 0 Å². The van der Waals surface area contributed by atoms with Crippen LogP contribution in [0.5, 0.6) is 5.75 Å². The third-order valence-corrected chi connectivity index (χ3v) is 3.92. The van der Waals surface area contributed by atoms with Gasteiger partial charge in [0.25, 0.3) is 0 Å². The summed E-state index contributed by atoms with van der Waals surface area (Å²) < 4.78 is 29.7. The molecule has 0 saturated carbocycles. The predicted octanol–water partition coefficient (Wildman–Crippen LogP) is 1.35. The summed E-state index contributed by atoms with van der Waals surface area (Å²) in [6.07, 6.45) is 2.62. The molecule has 0 heterocycles. The van der Waals surface area contributed by atoms with Gasteiger partial charge >= 0.3 is 0 Å². The van der Waals surface area contributed by atoms with Gasteiger partial charge in [-0.2, -0.15) is 0 Å². The summed E-state index contributed by atoms with van der Waals surface area (Å²) in [7, 11) is -1.46. The molecule has 0 amide bonds. The number of halogens is 1. The van der Waals surface area contributed by atoms with E-state index in [0.29, 0.717) is 19.5 Å². The molecule has 25 heavy (non-hydrogen) atoms. The fourth-order valence-electron chi connectivity index (χ4n) is 2.09. The Morgan fingerprint density at radius 3 is 2.56 bits per heavy atom. The van der Waals surface area contributed by atoms with Crippen molar-refractivity contribution in [1.82, 2.24) is 15.4 Å². The minimum atomic E-state index is -3.13. The number of aliphatic imine (C=N–C) groups is 1. The number of methoxy groups -OCH3 is 1. The Hall–Kier alpha value is -1.07. The van der Waals surface area contributed by atoms with Gasteiger partial charge in [-0.1, -0.05) is 18.2 Å². The Kier molecular flexibility index (Phi) is 12.6. The summed E-state index contributed by atoms with van der Waals surface area (Å²) in [6.45, 7) is 4.44. The van der Waals surface area contributed by atoms with Crippen molar-refractivity contribution >= 4 is 40.0 Å². The molecule has 7 nitrogen and oxygen atoms in total. The smallest absolute Gasteiger partial charge is 0.208 e. The molecule has 0 atom stereocenters. The highest BCUT2D eigenvalue weighted by Crippen LogP contribution is 2.17. The number of nitrogens with zero attached hydrogens (tertiary/aromatic N) is 1. The van der Waals surface area contributed by atoms with Gasteiger partial charge in [0.1, 0.15) is 5.75 Å². The van der Waals surface area contributed by atoms with Gasteiger partial charge in [0.05, 0.1) is 13.4 Å². The number of guanidine groups is 1. The number of sulfonamides is 1. The van der Waals surface area contributed by atoms with Crippen molar-refractivity contribution in [2.45, 2.75) is 19.8 Å². The quantitative estimate of drug-likeness (QED) is 0.202. The van der Waals surface area contributed by atoms with E-state index in [4.69, 9.17) is 4.74 Å². The Labute approximate surface area is 168 Å². The second-order valence-corrected chi connectivity index (χ2v) is 7.10. The molecule has 0 spiro atoms. The first-order valence-electron chi connectivity index (χ1n) is 8.05. The molecule has 0 fully saturated rings. The Morgan fingerprint density at radius 2 is 1.92 bits per heavy atom. The molecule has 3 N–H and O–H groups in total. The van der Waals surface area contributed by atoms with E-state index < -0.39 is 10.0 Å². The molecule has 0 aliphatic rings. The summed E-state index contributed by atoms with van der Waals surface area (Å²) in [5, 5.41) is 6.45. The van der Waals surface area contributed by atoms with E-state index in [1.807, 2.05) is 31.2 Å². The van der Waals surface area contributed by atoms with Crippen LogP contribution in [0.4, 0.5) is 0 Å². The first-order chi connectivity index (χ1) is 11.5. The van der Waals surface area contributed by atoms with Crippen LogP contribution in [0.25, 0.3) is 0 Å². The molecule has 0 aliphatic heterocycles. The van der Waals surface area contributed by atoms with Crippen molar-refractivity contribution in [3.05, 3.63) is 29.8 Å². The van der Waals surface area contributed by atoms with Crippen molar-refractivity contribution in [2.24, 2.45) is 4.99 Å². The Balaban J connectivity index is 0.00000576. The molecular formula is C16H29IN4O3S. The van der Waals surface area contributed by atoms with Gasteiger partial charge in [0, 0.05) is 26.2 Å². The van der Waals surface area contributed by atoms with E-state index in [1.165, 1.54) is 0 Å². The molecule has 0 aliphatic carbocycles. The summed E-state index contributed by atoms with van der Waals surface area (Å²) in [6, 6.07) is 7.93. The molecule has 9 heteroatoms. The predicted molar refractivity (Wildman–Crippen MR) is 114 cm³/mol. The molecule has 0 bridgehead atoms. The maximum Gasteiger partial charge on any atom is 0.208 e. The third-order valence-electron chi connectivity index (χ3n) is 3.19. The van der Waals surface area contributed by atoms with Crippen LogP contribution < -0.4 is 20.1 Å². The van der Waals surface area contributed by atoms with E-state index in [-0.39, 0.29) is 24.0 Å². The molecule has 144 valence electrons.